The van der Waals surface area contributed by atoms with Gasteiger partial charge in [0.25, 0.3) is 0 Å². The molecular formula is C11H20. The maximum atomic E-state index is 3.75. The lowest BCUT2D eigenvalue weighted by Crippen LogP contribution is -1.97. The predicted octanol–water partition coefficient (Wildman–Crippen LogP) is 3.95. The van der Waals surface area contributed by atoms with Crippen molar-refractivity contribution in [3.05, 3.63) is 24.3 Å². The Morgan fingerprint density at radius 2 is 2.18 bits per heavy atom. The van der Waals surface area contributed by atoms with E-state index in [1.165, 1.54) is 12.8 Å². The Morgan fingerprint density at radius 1 is 1.55 bits per heavy atom. The van der Waals surface area contributed by atoms with Gasteiger partial charge in [0, 0.05) is 0 Å². The minimum absolute atomic E-state index is 0.692. The van der Waals surface area contributed by atoms with Crippen LogP contribution in [-0.4, -0.2) is 0 Å². The van der Waals surface area contributed by atoms with Gasteiger partial charge in [-0.2, -0.15) is 0 Å². The van der Waals surface area contributed by atoms with E-state index in [0.717, 1.165) is 6.42 Å². The van der Waals surface area contributed by atoms with Crippen LogP contribution in [0.5, 0.6) is 0 Å². The second-order valence-electron chi connectivity index (χ2n) is 3.04. The molecule has 0 rings (SSSR count). The van der Waals surface area contributed by atoms with Gasteiger partial charge in [-0.05, 0) is 25.7 Å². The monoisotopic (exact) mass is 152 g/mol. The number of allylic oxidation sites excluding steroid dienone is 3. The number of hydrogen-bond acceptors (Lipinski definition) is 0. The second kappa shape index (κ2) is 6.21. The van der Waals surface area contributed by atoms with E-state index in [0.29, 0.717) is 5.92 Å². The van der Waals surface area contributed by atoms with E-state index in [1.54, 1.807) is 5.57 Å². The fraction of sp³-hybridized carbons (Fsp3) is 0.636. The highest BCUT2D eigenvalue weighted by molar-refractivity contribution is 5.05. The summed E-state index contributed by atoms with van der Waals surface area (Å²) in [5.41, 5.74) is 1.58. The van der Waals surface area contributed by atoms with Crippen molar-refractivity contribution in [3.8, 4) is 0 Å². The van der Waals surface area contributed by atoms with Crippen molar-refractivity contribution in [2.75, 3.05) is 0 Å². The molecule has 0 heterocycles. The van der Waals surface area contributed by atoms with Crippen molar-refractivity contribution in [1.82, 2.24) is 0 Å². The van der Waals surface area contributed by atoms with Crippen LogP contribution in [0.15, 0.2) is 24.3 Å². The zero-order valence-electron chi connectivity index (χ0n) is 8.06. The first-order chi connectivity index (χ1) is 5.26. The molecule has 0 aromatic carbocycles. The molecule has 0 aromatic heterocycles. The highest BCUT2D eigenvalue weighted by atomic mass is 14.1. The van der Waals surface area contributed by atoms with Crippen LogP contribution in [0, 0.1) is 5.92 Å². The van der Waals surface area contributed by atoms with Crippen LogP contribution >= 0.6 is 0 Å². The van der Waals surface area contributed by atoms with E-state index in [1.807, 2.05) is 6.08 Å². The van der Waals surface area contributed by atoms with Crippen molar-refractivity contribution in [2.45, 2.75) is 40.0 Å². The zero-order chi connectivity index (χ0) is 8.69. The summed E-state index contributed by atoms with van der Waals surface area (Å²) < 4.78 is 0. The summed E-state index contributed by atoms with van der Waals surface area (Å²) in [5.74, 6) is 0.692. The average Bonchev–Trinajstić information content (AvgIpc) is 2.00. The van der Waals surface area contributed by atoms with Crippen molar-refractivity contribution < 1.29 is 0 Å². The van der Waals surface area contributed by atoms with Gasteiger partial charge in [-0.15, -0.1) is 6.58 Å². The van der Waals surface area contributed by atoms with Crippen LogP contribution < -0.4 is 0 Å². The van der Waals surface area contributed by atoms with Gasteiger partial charge in [-0.25, -0.2) is 0 Å². The molecule has 0 bridgehead atoms. The van der Waals surface area contributed by atoms with Gasteiger partial charge in [0.05, 0.1) is 0 Å². The van der Waals surface area contributed by atoms with E-state index in [9.17, 15) is 0 Å². The molecule has 0 aliphatic rings. The van der Waals surface area contributed by atoms with Crippen LogP contribution in [0.3, 0.4) is 0 Å². The molecule has 0 amide bonds. The Morgan fingerprint density at radius 3 is 2.55 bits per heavy atom. The first-order valence-corrected chi connectivity index (χ1v) is 4.52. The van der Waals surface area contributed by atoms with Crippen LogP contribution in [0.4, 0.5) is 0 Å². The molecule has 0 radical (unpaired) electrons. The predicted molar refractivity (Wildman–Crippen MR) is 52.6 cm³/mol. The summed E-state index contributed by atoms with van der Waals surface area (Å²) in [6, 6.07) is 0. The summed E-state index contributed by atoms with van der Waals surface area (Å²) in [6.07, 6.45) is 7.85. The molecule has 0 aliphatic heterocycles. The molecule has 0 saturated carbocycles. The first-order valence-electron chi connectivity index (χ1n) is 4.52. The Labute approximate surface area is 71.0 Å². The van der Waals surface area contributed by atoms with E-state index in [2.05, 4.69) is 33.4 Å². The van der Waals surface area contributed by atoms with Gasteiger partial charge >= 0.3 is 0 Å². The Hall–Kier alpha value is -0.520. The quantitative estimate of drug-likeness (QED) is 0.523. The minimum Gasteiger partial charge on any atom is -0.103 e. The third-order valence-electron chi connectivity index (χ3n) is 2.06. The van der Waals surface area contributed by atoms with Gasteiger partial charge in [0.1, 0.15) is 0 Å². The van der Waals surface area contributed by atoms with Gasteiger partial charge in [-0.1, -0.05) is 38.0 Å². The van der Waals surface area contributed by atoms with E-state index < -0.39 is 0 Å². The standard InChI is InChI=1S/C11H20/c1-5-8-10(4)11(7-3)9-6-2/h5,7,10H,1,6,8-9H2,2-4H3. The molecule has 0 N–H and O–H groups in total. The maximum Gasteiger partial charge on any atom is -0.0197 e. The minimum atomic E-state index is 0.692. The Bertz CT molecular complexity index is 131. The number of hydrogen-bond donors (Lipinski definition) is 0. The van der Waals surface area contributed by atoms with Crippen molar-refractivity contribution in [2.24, 2.45) is 5.92 Å². The number of rotatable bonds is 5. The average molecular weight is 152 g/mol. The normalized spacial score (nSPS) is 14.6. The SMILES string of the molecule is C=CCC(C)C(=CC)CCC. The lowest BCUT2D eigenvalue weighted by molar-refractivity contribution is 0.648. The van der Waals surface area contributed by atoms with E-state index >= 15 is 0 Å². The highest BCUT2D eigenvalue weighted by Crippen LogP contribution is 2.19. The topological polar surface area (TPSA) is 0 Å². The molecule has 0 heteroatoms. The summed E-state index contributed by atoms with van der Waals surface area (Å²) >= 11 is 0. The third-order valence-corrected chi connectivity index (χ3v) is 2.06. The maximum absolute atomic E-state index is 3.75. The smallest absolute Gasteiger partial charge is 0.0197 e. The molecule has 1 unspecified atom stereocenters. The zero-order valence-corrected chi connectivity index (χ0v) is 8.06. The van der Waals surface area contributed by atoms with Crippen LogP contribution in [0.2, 0.25) is 0 Å². The molecule has 0 aliphatic carbocycles. The van der Waals surface area contributed by atoms with E-state index in [-0.39, 0.29) is 0 Å². The summed E-state index contributed by atoms with van der Waals surface area (Å²) in [7, 11) is 0. The van der Waals surface area contributed by atoms with Crippen molar-refractivity contribution >= 4 is 0 Å². The molecule has 0 aromatic rings. The van der Waals surface area contributed by atoms with Crippen molar-refractivity contribution in [1.29, 1.82) is 0 Å². The van der Waals surface area contributed by atoms with Crippen LogP contribution in [0.1, 0.15) is 40.0 Å². The van der Waals surface area contributed by atoms with Gasteiger partial charge in [0.15, 0.2) is 0 Å². The lowest BCUT2D eigenvalue weighted by Gasteiger charge is -2.12. The molecule has 0 fully saturated rings. The van der Waals surface area contributed by atoms with E-state index in [4.69, 9.17) is 0 Å². The molecule has 11 heavy (non-hydrogen) atoms. The van der Waals surface area contributed by atoms with Gasteiger partial charge in [0.2, 0.25) is 0 Å². The summed E-state index contributed by atoms with van der Waals surface area (Å²) in [4.78, 5) is 0. The Kier molecular flexibility index (Phi) is 5.91. The Balaban J connectivity index is 3.92. The summed E-state index contributed by atoms with van der Waals surface area (Å²) in [5, 5.41) is 0. The third kappa shape index (κ3) is 4.02. The molecule has 0 spiro atoms. The van der Waals surface area contributed by atoms with Crippen LogP contribution in [-0.2, 0) is 0 Å². The second-order valence-corrected chi connectivity index (χ2v) is 3.04. The molecule has 64 valence electrons. The lowest BCUT2D eigenvalue weighted by atomic mass is 9.94. The first kappa shape index (κ1) is 10.5. The highest BCUT2D eigenvalue weighted by Gasteiger charge is 2.03. The summed E-state index contributed by atoms with van der Waals surface area (Å²) in [6.45, 7) is 10.4. The molecule has 0 nitrogen and oxygen atoms in total. The molecule has 0 saturated heterocycles. The fourth-order valence-electron chi connectivity index (χ4n) is 1.37. The largest absolute Gasteiger partial charge is 0.103 e. The fourth-order valence-corrected chi connectivity index (χ4v) is 1.37. The molecule has 1 atom stereocenters. The van der Waals surface area contributed by atoms with Crippen molar-refractivity contribution in [3.63, 3.8) is 0 Å². The van der Waals surface area contributed by atoms with Gasteiger partial charge < -0.3 is 0 Å². The van der Waals surface area contributed by atoms with Gasteiger partial charge in [-0.3, -0.25) is 0 Å². The van der Waals surface area contributed by atoms with Crippen LogP contribution in [0.25, 0.3) is 0 Å². The molecular weight excluding hydrogens is 132 g/mol.